The minimum atomic E-state index is 0.224. The van der Waals surface area contributed by atoms with Crippen molar-refractivity contribution in [3.63, 3.8) is 0 Å². The molecule has 0 bridgehead atoms. The highest BCUT2D eigenvalue weighted by atomic mass is 14.2. The molecule has 0 aliphatic rings. The summed E-state index contributed by atoms with van der Waals surface area (Å²) >= 11 is 0. The molecule has 0 aliphatic carbocycles. The Morgan fingerprint density at radius 1 is 1.29 bits per heavy atom. The summed E-state index contributed by atoms with van der Waals surface area (Å²) in [4.78, 5) is 0. The number of hydrogen-bond donors (Lipinski definition) is 0. The van der Waals surface area contributed by atoms with E-state index in [2.05, 4.69) is 52.0 Å². The van der Waals surface area contributed by atoms with Crippen LogP contribution in [0.15, 0.2) is 18.2 Å². The molecule has 77 valence electrons. The molecule has 0 heterocycles. The van der Waals surface area contributed by atoms with Crippen LogP contribution in [0, 0.1) is 6.07 Å². The standard InChI is InChI=1S/C14H21/c1-5-6-8-12-9-7-10-13(11-12)14(2,3)4/h7,9,11H,5-6,8H2,1-4H3. The average Bonchev–Trinajstić information content (AvgIpc) is 2.14. The topological polar surface area (TPSA) is 0 Å². The molecule has 0 fully saturated rings. The monoisotopic (exact) mass is 189 g/mol. The number of hydrogen-bond acceptors (Lipinski definition) is 0. The first-order valence-corrected chi connectivity index (χ1v) is 5.55. The summed E-state index contributed by atoms with van der Waals surface area (Å²) in [5, 5.41) is 0. The van der Waals surface area contributed by atoms with Gasteiger partial charge in [-0.1, -0.05) is 52.3 Å². The van der Waals surface area contributed by atoms with Crippen LogP contribution in [0.5, 0.6) is 0 Å². The molecule has 0 saturated carbocycles. The van der Waals surface area contributed by atoms with Crippen LogP contribution in [0.4, 0.5) is 0 Å². The zero-order valence-corrected chi connectivity index (χ0v) is 9.85. The van der Waals surface area contributed by atoms with Crippen molar-refractivity contribution in [1.29, 1.82) is 0 Å². The lowest BCUT2D eigenvalue weighted by Gasteiger charge is -2.19. The molecule has 0 aliphatic heterocycles. The van der Waals surface area contributed by atoms with E-state index in [9.17, 15) is 0 Å². The van der Waals surface area contributed by atoms with Gasteiger partial charge in [0, 0.05) is 0 Å². The van der Waals surface area contributed by atoms with E-state index in [1.807, 2.05) is 0 Å². The van der Waals surface area contributed by atoms with Gasteiger partial charge in [-0.3, -0.25) is 0 Å². The minimum Gasteiger partial charge on any atom is -0.0654 e. The molecule has 0 N–H and O–H groups in total. The Labute approximate surface area is 88.4 Å². The largest absolute Gasteiger partial charge is 0.0654 e. The number of benzene rings is 1. The van der Waals surface area contributed by atoms with E-state index in [1.54, 1.807) is 0 Å². The molecule has 0 unspecified atom stereocenters. The van der Waals surface area contributed by atoms with Gasteiger partial charge in [-0.05, 0) is 35.4 Å². The van der Waals surface area contributed by atoms with Gasteiger partial charge in [0.15, 0.2) is 0 Å². The van der Waals surface area contributed by atoms with E-state index in [4.69, 9.17) is 0 Å². The van der Waals surface area contributed by atoms with Gasteiger partial charge >= 0.3 is 0 Å². The van der Waals surface area contributed by atoms with Crippen molar-refractivity contribution < 1.29 is 0 Å². The molecule has 1 aromatic carbocycles. The quantitative estimate of drug-likeness (QED) is 0.670. The van der Waals surface area contributed by atoms with Gasteiger partial charge in [0.2, 0.25) is 0 Å². The highest BCUT2D eigenvalue weighted by molar-refractivity contribution is 5.27. The third kappa shape index (κ3) is 3.17. The normalized spacial score (nSPS) is 11.7. The van der Waals surface area contributed by atoms with E-state index in [1.165, 1.54) is 30.4 Å². The molecule has 1 aromatic rings. The molecular formula is C14H21. The zero-order chi connectivity index (χ0) is 10.6. The van der Waals surface area contributed by atoms with Gasteiger partial charge in [-0.2, -0.15) is 0 Å². The van der Waals surface area contributed by atoms with Gasteiger partial charge < -0.3 is 0 Å². The van der Waals surface area contributed by atoms with Crippen LogP contribution in [0.1, 0.15) is 51.7 Å². The van der Waals surface area contributed by atoms with Crippen LogP contribution >= 0.6 is 0 Å². The van der Waals surface area contributed by atoms with Gasteiger partial charge in [0.05, 0.1) is 0 Å². The lowest BCUT2D eigenvalue weighted by atomic mass is 9.86. The maximum absolute atomic E-state index is 3.33. The molecule has 0 amide bonds. The lowest BCUT2D eigenvalue weighted by Crippen LogP contribution is -2.11. The van der Waals surface area contributed by atoms with Crippen LogP contribution in [0.3, 0.4) is 0 Å². The molecule has 0 spiro atoms. The van der Waals surface area contributed by atoms with E-state index in [-0.39, 0.29) is 5.41 Å². The van der Waals surface area contributed by atoms with Crippen LogP contribution < -0.4 is 0 Å². The van der Waals surface area contributed by atoms with E-state index >= 15 is 0 Å². The summed E-state index contributed by atoms with van der Waals surface area (Å²) in [6.45, 7) is 8.95. The molecule has 1 rings (SSSR count). The van der Waals surface area contributed by atoms with Gasteiger partial charge in [0.25, 0.3) is 0 Å². The average molecular weight is 189 g/mol. The van der Waals surface area contributed by atoms with Crippen LogP contribution in [-0.2, 0) is 11.8 Å². The Hall–Kier alpha value is -0.780. The second-order valence-electron chi connectivity index (χ2n) is 4.96. The number of aryl methyl sites for hydroxylation is 1. The van der Waals surface area contributed by atoms with Crippen molar-refractivity contribution in [2.24, 2.45) is 0 Å². The van der Waals surface area contributed by atoms with Crippen LogP contribution in [0.2, 0.25) is 0 Å². The highest BCUT2D eigenvalue weighted by Gasteiger charge is 2.13. The number of unbranched alkanes of at least 4 members (excludes halogenated alkanes) is 1. The molecule has 1 radical (unpaired) electrons. The van der Waals surface area contributed by atoms with E-state index < -0.39 is 0 Å². The Balaban J connectivity index is 2.79. The summed E-state index contributed by atoms with van der Waals surface area (Å²) in [7, 11) is 0. The Morgan fingerprint density at radius 2 is 2.00 bits per heavy atom. The fraction of sp³-hybridized carbons (Fsp3) is 0.571. The van der Waals surface area contributed by atoms with Crippen LogP contribution in [-0.4, -0.2) is 0 Å². The molecule has 0 atom stereocenters. The third-order valence-corrected chi connectivity index (χ3v) is 2.49. The smallest absolute Gasteiger partial charge is 0.0126 e. The second kappa shape index (κ2) is 4.63. The Bertz CT molecular complexity index is 278. The van der Waals surface area contributed by atoms with E-state index in [0.29, 0.717) is 0 Å². The maximum Gasteiger partial charge on any atom is -0.0126 e. The van der Waals surface area contributed by atoms with Gasteiger partial charge in [0.1, 0.15) is 0 Å². The Kier molecular flexibility index (Phi) is 3.74. The van der Waals surface area contributed by atoms with Crippen molar-refractivity contribution in [3.8, 4) is 0 Å². The first-order chi connectivity index (χ1) is 6.54. The van der Waals surface area contributed by atoms with Crippen molar-refractivity contribution in [1.82, 2.24) is 0 Å². The van der Waals surface area contributed by atoms with Gasteiger partial charge in [-0.25, -0.2) is 0 Å². The maximum atomic E-state index is 3.33. The van der Waals surface area contributed by atoms with E-state index in [0.717, 1.165) is 0 Å². The zero-order valence-electron chi connectivity index (χ0n) is 9.85. The predicted molar refractivity (Wildman–Crippen MR) is 62.6 cm³/mol. The highest BCUT2D eigenvalue weighted by Crippen LogP contribution is 2.22. The fourth-order valence-electron chi connectivity index (χ4n) is 1.48. The third-order valence-electron chi connectivity index (χ3n) is 2.49. The van der Waals surface area contributed by atoms with Crippen molar-refractivity contribution in [2.45, 2.75) is 52.4 Å². The van der Waals surface area contributed by atoms with Crippen LogP contribution in [0.25, 0.3) is 0 Å². The summed E-state index contributed by atoms with van der Waals surface area (Å²) in [5.41, 5.74) is 3.00. The minimum absolute atomic E-state index is 0.224. The number of rotatable bonds is 3. The van der Waals surface area contributed by atoms with Gasteiger partial charge in [-0.15, -0.1) is 0 Å². The Morgan fingerprint density at radius 3 is 2.57 bits per heavy atom. The predicted octanol–water partition coefficient (Wildman–Crippen LogP) is 4.13. The summed E-state index contributed by atoms with van der Waals surface area (Å²) in [6.07, 6.45) is 3.76. The second-order valence-corrected chi connectivity index (χ2v) is 4.96. The molecule has 0 heteroatoms. The molecule has 0 nitrogen and oxygen atoms in total. The fourth-order valence-corrected chi connectivity index (χ4v) is 1.48. The molecule has 0 aromatic heterocycles. The summed E-state index contributed by atoms with van der Waals surface area (Å²) in [6, 6.07) is 9.87. The first-order valence-electron chi connectivity index (χ1n) is 5.55. The van der Waals surface area contributed by atoms with Crippen molar-refractivity contribution in [2.75, 3.05) is 0 Å². The molecular weight excluding hydrogens is 168 g/mol. The van der Waals surface area contributed by atoms with Crippen molar-refractivity contribution in [3.05, 3.63) is 35.4 Å². The first kappa shape index (κ1) is 11.3. The molecule has 14 heavy (non-hydrogen) atoms. The SMILES string of the molecule is CCCCc1cc[c]c(C(C)(C)C)c1. The van der Waals surface area contributed by atoms with Crippen molar-refractivity contribution >= 4 is 0 Å². The lowest BCUT2D eigenvalue weighted by molar-refractivity contribution is 0.588. The summed E-state index contributed by atoms with van der Waals surface area (Å²) in [5.74, 6) is 0. The summed E-state index contributed by atoms with van der Waals surface area (Å²) < 4.78 is 0. The molecule has 0 saturated heterocycles.